The lowest BCUT2D eigenvalue weighted by Gasteiger charge is -2.36. The Labute approximate surface area is 298 Å². The van der Waals surface area contributed by atoms with Gasteiger partial charge in [-0.25, -0.2) is 22.2 Å². The van der Waals surface area contributed by atoms with Crippen molar-refractivity contribution in [3.63, 3.8) is 0 Å². The fraction of sp³-hybridized carbons (Fsp3) is 0.618. The van der Waals surface area contributed by atoms with Crippen molar-refractivity contribution in [3.8, 4) is 0 Å². The average molecular weight is 739 g/mol. The highest BCUT2D eigenvalue weighted by molar-refractivity contribution is 7.89. The van der Waals surface area contributed by atoms with Gasteiger partial charge in [0.1, 0.15) is 11.0 Å². The minimum atomic E-state index is -3.80. The molecule has 0 atom stereocenters. The number of alkyl halides is 2. The minimum Gasteiger partial charge on any atom is -0.356 e. The Balaban J connectivity index is 1.13. The van der Waals surface area contributed by atoms with Gasteiger partial charge in [0, 0.05) is 95.0 Å². The van der Waals surface area contributed by atoms with E-state index in [1.807, 2.05) is 0 Å². The van der Waals surface area contributed by atoms with Gasteiger partial charge in [0.2, 0.25) is 21.8 Å². The lowest BCUT2D eigenvalue weighted by molar-refractivity contribution is -0.129. The van der Waals surface area contributed by atoms with E-state index in [1.54, 1.807) is 21.9 Å². The first-order valence-corrected chi connectivity index (χ1v) is 19.4. The first-order chi connectivity index (χ1) is 23.9. The second kappa shape index (κ2) is 17.0. The molecule has 1 aliphatic carbocycles. The van der Waals surface area contributed by atoms with E-state index < -0.39 is 21.9 Å². The van der Waals surface area contributed by atoms with Crippen LogP contribution >= 0.6 is 11.6 Å². The number of rotatable bonds is 15. The van der Waals surface area contributed by atoms with Crippen LogP contribution < -0.4 is 26.6 Å². The Hall–Kier alpha value is -2.95. The zero-order valence-electron chi connectivity index (χ0n) is 28.4. The first kappa shape index (κ1) is 38.3. The largest absolute Gasteiger partial charge is 0.356 e. The molecule has 5 N–H and O–H groups in total. The van der Waals surface area contributed by atoms with Gasteiger partial charge in [-0.2, -0.15) is 4.31 Å². The Morgan fingerprint density at radius 2 is 1.64 bits per heavy atom. The van der Waals surface area contributed by atoms with E-state index in [2.05, 4.69) is 15.2 Å². The zero-order chi connectivity index (χ0) is 35.9. The maximum absolute atomic E-state index is 16.0. The highest BCUT2D eigenvalue weighted by Gasteiger charge is 2.44. The van der Waals surface area contributed by atoms with Gasteiger partial charge < -0.3 is 31.5 Å². The molecule has 2 saturated heterocycles. The average Bonchev–Trinajstić information content (AvgIpc) is 3.55. The molecule has 5 rings (SSSR count). The molecule has 1 aromatic carbocycles. The number of aromatic nitrogens is 1. The van der Waals surface area contributed by atoms with Crippen LogP contribution in [0, 0.1) is 11.8 Å². The monoisotopic (exact) mass is 738 g/mol. The number of anilines is 2. The van der Waals surface area contributed by atoms with Crippen molar-refractivity contribution in [1.29, 1.82) is 0 Å². The van der Waals surface area contributed by atoms with Gasteiger partial charge in [-0.05, 0) is 81.5 Å². The SMILES string of the molecule is NCCN(CCN)CCCNC(=O)[C@H]1CC[C@H](C(F)(F)c2cc(Cl)nc(N3CCN(S(=O)(=O)c4ccc(N5CCCC5=O)cc4)CC3)c2)CC1. The van der Waals surface area contributed by atoms with Gasteiger partial charge in [-0.1, -0.05) is 11.6 Å². The molecule has 1 aromatic heterocycles. The van der Waals surface area contributed by atoms with Crippen molar-refractivity contribution >= 4 is 44.9 Å². The van der Waals surface area contributed by atoms with E-state index in [1.165, 1.54) is 28.6 Å². The van der Waals surface area contributed by atoms with Crippen LogP contribution in [0.2, 0.25) is 5.15 Å². The summed E-state index contributed by atoms with van der Waals surface area (Å²) >= 11 is 6.27. The normalized spacial score (nSPS) is 20.9. The van der Waals surface area contributed by atoms with Crippen molar-refractivity contribution in [3.05, 3.63) is 47.1 Å². The molecule has 12 nitrogen and oxygen atoms in total. The third-order valence-electron chi connectivity index (χ3n) is 10.0. The molecule has 3 fully saturated rings. The lowest BCUT2D eigenvalue weighted by atomic mass is 9.77. The van der Waals surface area contributed by atoms with E-state index in [9.17, 15) is 18.0 Å². The van der Waals surface area contributed by atoms with Crippen LogP contribution in [0.25, 0.3) is 0 Å². The molecular formula is C34H49ClF2N8O4S. The number of hydrogen-bond donors (Lipinski definition) is 3. The Bertz CT molecular complexity index is 1560. The first-order valence-electron chi connectivity index (χ1n) is 17.6. The third-order valence-corrected chi connectivity index (χ3v) is 12.1. The van der Waals surface area contributed by atoms with Crippen LogP contribution in [0.4, 0.5) is 20.3 Å². The Morgan fingerprint density at radius 1 is 0.980 bits per heavy atom. The third kappa shape index (κ3) is 9.09. The number of amides is 2. The topological polar surface area (TPSA) is 158 Å². The van der Waals surface area contributed by atoms with Crippen LogP contribution in [0.15, 0.2) is 41.3 Å². The molecule has 0 spiro atoms. The van der Waals surface area contributed by atoms with Crippen LogP contribution in [0.5, 0.6) is 0 Å². The number of carbonyl (C=O) groups excluding carboxylic acids is 2. The van der Waals surface area contributed by atoms with Gasteiger partial charge in [-0.3, -0.25) is 9.59 Å². The second-order valence-electron chi connectivity index (χ2n) is 13.3. The molecule has 16 heteroatoms. The molecular weight excluding hydrogens is 690 g/mol. The number of benzene rings is 1. The number of nitrogens with zero attached hydrogens (tertiary/aromatic N) is 5. The fourth-order valence-corrected chi connectivity index (χ4v) is 8.80. The van der Waals surface area contributed by atoms with E-state index in [0.29, 0.717) is 51.1 Å². The number of pyridine rings is 1. The number of hydrogen-bond acceptors (Lipinski definition) is 9. The smallest absolute Gasteiger partial charge is 0.276 e. The lowest BCUT2D eigenvalue weighted by Crippen LogP contribution is -2.49. The molecule has 1 saturated carbocycles. The Morgan fingerprint density at radius 3 is 2.24 bits per heavy atom. The summed E-state index contributed by atoms with van der Waals surface area (Å²) in [4.78, 5) is 34.9. The Kier molecular flexibility index (Phi) is 13.1. The van der Waals surface area contributed by atoms with Crippen molar-refractivity contribution < 1.29 is 26.8 Å². The summed E-state index contributed by atoms with van der Waals surface area (Å²) < 4.78 is 60.1. The predicted molar refractivity (Wildman–Crippen MR) is 190 cm³/mol. The summed E-state index contributed by atoms with van der Waals surface area (Å²) in [6.07, 6.45) is 3.17. The summed E-state index contributed by atoms with van der Waals surface area (Å²) in [5, 5.41) is 2.90. The summed E-state index contributed by atoms with van der Waals surface area (Å²) in [5.74, 6) is -4.24. The molecule has 50 heavy (non-hydrogen) atoms. The van der Waals surface area contributed by atoms with Crippen molar-refractivity contribution in [1.82, 2.24) is 19.5 Å². The van der Waals surface area contributed by atoms with E-state index in [4.69, 9.17) is 23.1 Å². The van der Waals surface area contributed by atoms with Crippen LogP contribution in [-0.4, -0.2) is 106 Å². The molecule has 2 aliphatic heterocycles. The maximum atomic E-state index is 16.0. The van der Waals surface area contributed by atoms with Gasteiger partial charge in [0.25, 0.3) is 5.92 Å². The van der Waals surface area contributed by atoms with E-state index >= 15 is 8.78 Å². The van der Waals surface area contributed by atoms with Crippen molar-refractivity contribution in [2.75, 3.05) is 81.8 Å². The highest BCUT2D eigenvalue weighted by Crippen LogP contribution is 2.46. The van der Waals surface area contributed by atoms with Crippen molar-refractivity contribution in [2.45, 2.75) is 55.8 Å². The second-order valence-corrected chi connectivity index (χ2v) is 15.6. The molecule has 2 amide bonds. The van der Waals surface area contributed by atoms with E-state index in [0.717, 1.165) is 32.5 Å². The van der Waals surface area contributed by atoms with Gasteiger partial charge in [-0.15, -0.1) is 0 Å². The number of carbonyl (C=O) groups is 2. The minimum absolute atomic E-state index is 0.0245. The van der Waals surface area contributed by atoms with Crippen LogP contribution in [0.3, 0.4) is 0 Å². The zero-order valence-corrected chi connectivity index (χ0v) is 30.0. The van der Waals surface area contributed by atoms with Gasteiger partial charge in [0.15, 0.2) is 0 Å². The maximum Gasteiger partial charge on any atom is 0.276 e. The molecule has 3 heterocycles. The number of halogens is 3. The predicted octanol–water partition coefficient (Wildman–Crippen LogP) is 3.00. The number of nitrogens with two attached hydrogens (primary N) is 2. The molecule has 276 valence electrons. The molecule has 0 unspecified atom stereocenters. The number of sulfonamides is 1. The van der Waals surface area contributed by atoms with E-state index in [-0.39, 0.29) is 78.2 Å². The molecule has 2 aromatic rings. The van der Waals surface area contributed by atoms with Crippen molar-refractivity contribution in [2.24, 2.45) is 23.3 Å². The van der Waals surface area contributed by atoms with Crippen LogP contribution in [-0.2, 0) is 25.5 Å². The summed E-state index contributed by atoms with van der Waals surface area (Å²) in [6, 6.07) is 8.87. The summed E-state index contributed by atoms with van der Waals surface area (Å²) in [6.45, 7) is 5.24. The fourth-order valence-electron chi connectivity index (χ4n) is 7.18. The molecule has 3 aliphatic rings. The van der Waals surface area contributed by atoms with Gasteiger partial charge >= 0.3 is 0 Å². The number of piperazine rings is 1. The number of nitrogens with one attached hydrogen (secondary N) is 1. The standard InChI is InChI=1S/C34H49ClF2N8O4S/c35-30-23-27(34(36,37)26-6-4-25(5-7-26)33(47)40-14-2-15-42(17-12-38)18-13-39)24-31(41-30)43-19-21-44(22-20-43)50(48,49)29-10-8-28(9-11-29)45-16-1-3-32(45)46/h8-11,23-26H,1-7,12-22,38-39H2,(H,40,47)/t25-,26-. The highest BCUT2D eigenvalue weighted by atomic mass is 35.5. The quantitative estimate of drug-likeness (QED) is 0.185. The summed E-state index contributed by atoms with van der Waals surface area (Å²) in [7, 11) is -3.80. The summed E-state index contributed by atoms with van der Waals surface area (Å²) in [5.41, 5.74) is 11.7. The molecule has 0 radical (unpaired) electrons. The van der Waals surface area contributed by atoms with Gasteiger partial charge in [0.05, 0.1) is 4.90 Å². The van der Waals surface area contributed by atoms with Crippen LogP contribution in [0.1, 0.15) is 50.5 Å². The molecule has 0 bridgehead atoms.